The Kier molecular flexibility index (Phi) is 6.81. The van der Waals surface area contributed by atoms with E-state index in [1.54, 1.807) is 30.3 Å². The van der Waals surface area contributed by atoms with Crippen LogP contribution >= 0.6 is 0 Å². The van der Waals surface area contributed by atoms with Crippen molar-refractivity contribution < 1.29 is 27.8 Å². The summed E-state index contributed by atoms with van der Waals surface area (Å²) >= 11 is 0. The molecule has 2 atom stereocenters. The van der Waals surface area contributed by atoms with Crippen molar-refractivity contribution in [2.75, 3.05) is 13.2 Å². The van der Waals surface area contributed by atoms with Gasteiger partial charge in [0, 0.05) is 6.54 Å². The molecule has 0 spiro atoms. The summed E-state index contributed by atoms with van der Waals surface area (Å²) in [5.41, 5.74) is 2.17. The van der Waals surface area contributed by atoms with Crippen molar-refractivity contribution in [2.45, 2.75) is 44.3 Å². The van der Waals surface area contributed by atoms with Gasteiger partial charge in [-0.15, -0.1) is 0 Å². The molecule has 9 heteroatoms. The molecule has 2 unspecified atom stereocenters. The van der Waals surface area contributed by atoms with E-state index in [0.29, 0.717) is 5.56 Å². The molecule has 0 aliphatic carbocycles. The number of carbonyl (C=O) groups is 1. The molecule has 1 rings (SSSR count). The molecule has 0 heterocycles. The third-order valence-corrected chi connectivity index (χ3v) is 3.44. The van der Waals surface area contributed by atoms with Gasteiger partial charge >= 0.3 is 12.3 Å². The van der Waals surface area contributed by atoms with Crippen molar-refractivity contribution in [3.8, 4) is 0 Å². The molecule has 0 aliphatic rings. The van der Waals surface area contributed by atoms with Crippen LogP contribution in [0, 0.1) is 0 Å². The number of aliphatic hydroxyl groups excluding tert-OH is 1. The Morgan fingerprint density at radius 3 is 2.24 bits per heavy atom. The number of carbonyl (C=O) groups excluding carboxylic acids is 1. The van der Waals surface area contributed by atoms with Crippen LogP contribution in [0.3, 0.4) is 0 Å². The van der Waals surface area contributed by atoms with E-state index in [1.165, 1.54) is 13.8 Å². The summed E-state index contributed by atoms with van der Waals surface area (Å²) in [6, 6.07) is 7.27. The molecule has 25 heavy (non-hydrogen) atoms. The summed E-state index contributed by atoms with van der Waals surface area (Å²) in [4.78, 5) is 11.6. The molecule has 0 aromatic heterocycles. The van der Waals surface area contributed by atoms with E-state index >= 15 is 0 Å². The van der Waals surface area contributed by atoms with Crippen molar-refractivity contribution in [3.05, 3.63) is 35.9 Å². The van der Waals surface area contributed by atoms with E-state index in [1.807, 2.05) is 0 Å². The second-order valence-corrected chi connectivity index (χ2v) is 6.47. The average Bonchev–Trinajstić information content (AvgIpc) is 2.49. The van der Waals surface area contributed by atoms with Gasteiger partial charge in [0.2, 0.25) is 0 Å². The maximum absolute atomic E-state index is 13.5. The Bertz CT molecular complexity index is 561. The molecule has 1 aromatic carbocycles. The number of ether oxygens (including phenoxy) is 1. The van der Waals surface area contributed by atoms with Crippen LogP contribution in [0.4, 0.5) is 18.0 Å². The molecule has 0 bridgehead atoms. The molecule has 0 aliphatic heterocycles. The highest BCUT2D eigenvalue weighted by Crippen LogP contribution is 2.32. The van der Waals surface area contributed by atoms with E-state index in [0.717, 1.165) is 6.92 Å². The topological polar surface area (TPSA) is 96.6 Å². The minimum Gasteiger partial charge on any atom is -0.429 e. The normalized spacial score (nSPS) is 16.0. The van der Waals surface area contributed by atoms with Crippen LogP contribution < -0.4 is 16.4 Å². The molecule has 6 nitrogen and oxygen atoms in total. The molecule has 1 amide bonds. The number of halogens is 3. The smallest absolute Gasteiger partial charge is 0.408 e. The van der Waals surface area contributed by atoms with Crippen molar-refractivity contribution in [2.24, 2.45) is 5.73 Å². The Balaban J connectivity index is 2.90. The van der Waals surface area contributed by atoms with E-state index in [2.05, 4.69) is 10.6 Å². The predicted octanol–water partition coefficient (Wildman–Crippen LogP) is 2.05. The van der Waals surface area contributed by atoms with Crippen LogP contribution in [0.1, 0.15) is 32.4 Å². The fraction of sp³-hybridized carbons (Fsp3) is 0.562. The molecular weight excluding hydrogens is 339 g/mol. The number of benzene rings is 1. The third-order valence-electron chi connectivity index (χ3n) is 3.44. The minimum absolute atomic E-state index is 0.492. The molecule has 0 saturated carbocycles. The SMILES string of the molecule is CC(C)(N)OC(=O)NCC(C)(NC(CO)c1ccccc1)C(F)(F)F. The lowest BCUT2D eigenvalue weighted by molar-refractivity contribution is -0.193. The summed E-state index contributed by atoms with van der Waals surface area (Å²) < 4.78 is 45.4. The van der Waals surface area contributed by atoms with Crippen LogP contribution in [0.2, 0.25) is 0 Å². The third kappa shape index (κ3) is 6.52. The summed E-state index contributed by atoms with van der Waals surface area (Å²) in [5.74, 6) is 0. The lowest BCUT2D eigenvalue weighted by Gasteiger charge is -2.36. The van der Waals surface area contributed by atoms with E-state index in [-0.39, 0.29) is 0 Å². The Morgan fingerprint density at radius 1 is 1.24 bits per heavy atom. The number of aliphatic hydroxyl groups is 1. The fourth-order valence-corrected chi connectivity index (χ4v) is 2.06. The number of alkyl carbamates (subject to hydrolysis) is 1. The highest BCUT2D eigenvalue weighted by atomic mass is 19.4. The maximum Gasteiger partial charge on any atom is 0.408 e. The highest BCUT2D eigenvalue weighted by molar-refractivity contribution is 5.67. The summed E-state index contributed by atoms with van der Waals surface area (Å²) in [6.07, 6.45) is -5.76. The van der Waals surface area contributed by atoms with Gasteiger partial charge in [-0.25, -0.2) is 4.79 Å². The number of nitrogens with one attached hydrogen (secondary N) is 2. The van der Waals surface area contributed by atoms with Crippen LogP contribution in [-0.2, 0) is 4.74 Å². The van der Waals surface area contributed by atoms with Gasteiger partial charge in [-0.1, -0.05) is 30.3 Å². The number of rotatable bonds is 7. The van der Waals surface area contributed by atoms with E-state index in [9.17, 15) is 23.1 Å². The number of nitrogens with two attached hydrogens (primary N) is 1. The molecule has 1 aromatic rings. The lowest BCUT2D eigenvalue weighted by Crippen LogP contribution is -2.62. The minimum atomic E-state index is -4.69. The molecule has 0 fully saturated rings. The van der Waals surface area contributed by atoms with Crippen molar-refractivity contribution in [1.82, 2.24) is 10.6 Å². The molecular formula is C16H24F3N3O3. The number of alkyl halides is 3. The largest absolute Gasteiger partial charge is 0.429 e. The average molecular weight is 363 g/mol. The standard InChI is InChI=1S/C16H24F3N3O3/c1-14(2,20)25-13(24)21-10-15(3,16(17,18)19)22-12(9-23)11-7-5-4-6-8-11/h4-8,12,22-23H,9-10,20H2,1-3H3,(H,21,24). The lowest BCUT2D eigenvalue weighted by atomic mass is 9.97. The first-order valence-electron chi connectivity index (χ1n) is 7.64. The number of amides is 1. The Labute approximate surface area is 144 Å². The van der Waals surface area contributed by atoms with Gasteiger partial charge in [-0.2, -0.15) is 13.2 Å². The monoisotopic (exact) mass is 363 g/mol. The van der Waals surface area contributed by atoms with E-state index < -0.39 is 42.7 Å². The van der Waals surface area contributed by atoms with Gasteiger partial charge in [0.15, 0.2) is 5.72 Å². The number of hydrogen-bond acceptors (Lipinski definition) is 5. The van der Waals surface area contributed by atoms with Gasteiger partial charge in [0.1, 0.15) is 5.54 Å². The van der Waals surface area contributed by atoms with Crippen LogP contribution in [-0.4, -0.2) is 41.8 Å². The van der Waals surface area contributed by atoms with Crippen LogP contribution in [0.15, 0.2) is 30.3 Å². The van der Waals surface area contributed by atoms with Crippen molar-refractivity contribution in [1.29, 1.82) is 0 Å². The van der Waals surface area contributed by atoms with Crippen molar-refractivity contribution in [3.63, 3.8) is 0 Å². The van der Waals surface area contributed by atoms with Crippen LogP contribution in [0.25, 0.3) is 0 Å². The highest BCUT2D eigenvalue weighted by Gasteiger charge is 2.52. The van der Waals surface area contributed by atoms with Gasteiger partial charge in [0.05, 0.1) is 12.6 Å². The maximum atomic E-state index is 13.5. The summed E-state index contributed by atoms with van der Waals surface area (Å²) in [6.45, 7) is 2.34. The van der Waals surface area contributed by atoms with E-state index in [4.69, 9.17) is 10.5 Å². The first-order chi connectivity index (χ1) is 11.4. The van der Waals surface area contributed by atoms with Gasteiger partial charge in [0.25, 0.3) is 0 Å². The zero-order chi connectivity index (χ0) is 19.3. The Morgan fingerprint density at radius 2 is 1.80 bits per heavy atom. The van der Waals surface area contributed by atoms with Crippen molar-refractivity contribution >= 4 is 6.09 Å². The van der Waals surface area contributed by atoms with Gasteiger partial charge in [-0.3, -0.25) is 11.1 Å². The summed E-state index contributed by atoms with van der Waals surface area (Å²) in [7, 11) is 0. The van der Waals surface area contributed by atoms with Crippen LogP contribution in [0.5, 0.6) is 0 Å². The Hall–Kier alpha value is -1.84. The molecule has 142 valence electrons. The zero-order valence-corrected chi connectivity index (χ0v) is 14.4. The second kappa shape index (κ2) is 8.03. The molecule has 5 N–H and O–H groups in total. The fourth-order valence-electron chi connectivity index (χ4n) is 2.06. The molecule has 0 radical (unpaired) electrons. The number of hydrogen-bond donors (Lipinski definition) is 4. The zero-order valence-electron chi connectivity index (χ0n) is 14.4. The first-order valence-corrected chi connectivity index (χ1v) is 7.64. The summed E-state index contributed by atoms with van der Waals surface area (Å²) in [5, 5.41) is 13.9. The first kappa shape index (κ1) is 21.2. The predicted molar refractivity (Wildman–Crippen MR) is 86.6 cm³/mol. The van der Waals surface area contributed by atoms with Gasteiger partial charge < -0.3 is 15.2 Å². The molecule has 0 saturated heterocycles. The van der Waals surface area contributed by atoms with Gasteiger partial charge in [-0.05, 0) is 26.3 Å². The second-order valence-electron chi connectivity index (χ2n) is 6.47. The quantitative estimate of drug-likeness (QED) is 0.556.